The number of hydrogen-bond donors (Lipinski definition) is 1. The fourth-order valence-corrected chi connectivity index (χ4v) is 10.6. The lowest BCUT2D eigenvalue weighted by Gasteiger charge is -2.70. The molecule has 3 saturated carbocycles. The number of aliphatic hydroxyl groups is 1. The van der Waals surface area contributed by atoms with Gasteiger partial charge in [-0.05, 0) is 98.9 Å². The maximum Gasteiger partial charge on any atom is 0.335 e. The predicted molar refractivity (Wildman–Crippen MR) is 139 cm³/mol. The average molecular weight is 501 g/mol. The molecule has 0 aromatic rings. The maximum absolute atomic E-state index is 13.0. The van der Waals surface area contributed by atoms with Gasteiger partial charge in [0.05, 0.1) is 6.10 Å². The minimum Gasteiger partial charge on any atom is -0.462 e. The van der Waals surface area contributed by atoms with Gasteiger partial charge in [-0.3, -0.25) is 4.79 Å². The van der Waals surface area contributed by atoms with E-state index in [1.54, 1.807) is 0 Å². The van der Waals surface area contributed by atoms with Crippen molar-refractivity contribution in [2.75, 3.05) is 0 Å². The molecule has 4 aliphatic carbocycles. The van der Waals surface area contributed by atoms with Crippen molar-refractivity contribution in [2.45, 2.75) is 131 Å². The second kappa shape index (κ2) is 8.58. The molecule has 10 atom stereocenters. The van der Waals surface area contributed by atoms with Gasteiger partial charge in [0, 0.05) is 22.8 Å². The van der Waals surface area contributed by atoms with Gasteiger partial charge in [-0.1, -0.05) is 41.5 Å². The monoisotopic (exact) mass is 500 g/mol. The zero-order valence-corrected chi connectivity index (χ0v) is 23.6. The van der Waals surface area contributed by atoms with Crippen LogP contribution in [0.4, 0.5) is 0 Å². The highest BCUT2D eigenvalue weighted by molar-refractivity contribution is 5.94. The Bertz CT molecular complexity index is 970. The van der Waals surface area contributed by atoms with E-state index in [1.807, 2.05) is 13.8 Å². The van der Waals surface area contributed by atoms with Crippen LogP contribution in [-0.4, -0.2) is 35.4 Å². The van der Waals surface area contributed by atoms with E-state index in [1.165, 1.54) is 0 Å². The van der Waals surface area contributed by atoms with Crippen LogP contribution in [0, 0.1) is 39.4 Å². The number of carbonyl (C=O) groups excluding carboxylic acids is 2. The van der Waals surface area contributed by atoms with Crippen molar-refractivity contribution in [3.8, 4) is 0 Å². The van der Waals surface area contributed by atoms with Crippen LogP contribution in [0.3, 0.4) is 0 Å². The maximum atomic E-state index is 13.0. The zero-order chi connectivity index (χ0) is 26.3. The molecule has 1 aliphatic heterocycles. The van der Waals surface area contributed by atoms with E-state index in [2.05, 4.69) is 34.6 Å². The molecule has 0 aromatic heterocycles. The molecule has 1 N–H and O–H groups in total. The summed E-state index contributed by atoms with van der Waals surface area (Å²) in [6.45, 7) is 15.7. The highest BCUT2D eigenvalue weighted by atomic mass is 16.6. The second-order valence-electron chi connectivity index (χ2n) is 13.9. The van der Waals surface area contributed by atoms with Crippen molar-refractivity contribution >= 4 is 11.9 Å². The van der Waals surface area contributed by atoms with E-state index in [4.69, 9.17) is 9.47 Å². The molecule has 0 spiro atoms. The number of hydrogen-bond acceptors (Lipinski definition) is 5. The van der Waals surface area contributed by atoms with Gasteiger partial charge in [0.1, 0.15) is 12.2 Å². The molecule has 1 heterocycles. The highest BCUT2D eigenvalue weighted by Crippen LogP contribution is 2.74. The van der Waals surface area contributed by atoms with Crippen LogP contribution in [0.2, 0.25) is 0 Å². The van der Waals surface area contributed by atoms with E-state index >= 15 is 0 Å². The number of carbonyl (C=O) groups is 2. The first-order chi connectivity index (χ1) is 16.9. The van der Waals surface area contributed by atoms with Gasteiger partial charge in [-0.25, -0.2) is 4.79 Å². The molecule has 0 aromatic carbocycles. The molecule has 0 amide bonds. The first kappa shape index (κ1) is 26.3. The molecule has 0 bridgehead atoms. The Morgan fingerprint density at radius 2 is 1.69 bits per heavy atom. The van der Waals surface area contributed by atoms with E-state index in [0.29, 0.717) is 18.3 Å². The highest BCUT2D eigenvalue weighted by Gasteiger charge is 2.70. The van der Waals surface area contributed by atoms with Gasteiger partial charge in [0.15, 0.2) is 0 Å². The summed E-state index contributed by atoms with van der Waals surface area (Å²) >= 11 is 0. The van der Waals surface area contributed by atoms with E-state index < -0.39 is 11.5 Å². The van der Waals surface area contributed by atoms with Crippen LogP contribution in [-0.2, 0) is 19.1 Å². The average Bonchev–Trinajstić information content (AvgIpc) is 3.12. The summed E-state index contributed by atoms with van der Waals surface area (Å²) in [6.07, 6.45) is 8.36. The van der Waals surface area contributed by atoms with Gasteiger partial charge in [-0.2, -0.15) is 0 Å². The topological polar surface area (TPSA) is 72.8 Å². The van der Waals surface area contributed by atoms with E-state index in [9.17, 15) is 14.7 Å². The van der Waals surface area contributed by atoms with Crippen LogP contribution in [0.25, 0.3) is 0 Å². The van der Waals surface area contributed by atoms with Crippen molar-refractivity contribution in [2.24, 2.45) is 39.4 Å². The molecule has 5 nitrogen and oxygen atoms in total. The summed E-state index contributed by atoms with van der Waals surface area (Å²) in [7, 11) is 0. The van der Waals surface area contributed by atoms with E-state index in [0.717, 1.165) is 68.9 Å². The smallest absolute Gasteiger partial charge is 0.335 e. The lowest BCUT2D eigenvalue weighted by atomic mass is 9.34. The summed E-state index contributed by atoms with van der Waals surface area (Å²) < 4.78 is 11.8. The number of cyclic esters (lactones) is 1. The molecule has 0 unspecified atom stereocenters. The molecule has 5 rings (SSSR count). The molecule has 0 saturated heterocycles. The Morgan fingerprint density at radius 3 is 2.36 bits per heavy atom. The Hall–Kier alpha value is -1.36. The third kappa shape index (κ3) is 3.29. The first-order valence-electron chi connectivity index (χ1n) is 14.7. The van der Waals surface area contributed by atoms with Crippen molar-refractivity contribution in [3.05, 3.63) is 11.1 Å². The number of esters is 2. The Kier molecular flexibility index (Phi) is 6.26. The zero-order valence-electron chi connectivity index (χ0n) is 23.6. The van der Waals surface area contributed by atoms with Gasteiger partial charge < -0.3 is 14.6 Å². The van der Waals surface area contributed by atoms with E-state index in [-0.39, 0.29) is 46.3 Å². The van der Waals surface area contributed by atoms with Crippen LogP contribution in [0.5, 0.6) is 0 Å². The summed E-state index contributed by atoms with van der Waals surface area (Å²) in [5.41, 5.74) is 1.47. The van der Waals surface area contributed by atoms with Gasteiger partial charge in [-0.15, -0.1) is 0 Å². The molecule has 36 heavy (non-hydrogen) atoms. The summed E-state index contributed by atoms with van der Waals surface area (Å²) in [4.78, 5) is 25.6. The summed E-state index contributed by atoms with van der Waals surface area (Å²) in [5, 5.41) is 11.9. The fourth-order valence-electron chi connectivity index (χ4n) is 10.6. The molecule has 202 valence electrons. The van der Waals surface area contributed by atoms with Gasteiger partial charge in [0.2, 0.25) is 0 Å². The minimum atomic E-state index is -0.549. The molecular formula is C31H48O5. The number of fused-ring (bicyclic) bond motifs is 6. The van der Waals surface area contributed by atoms with Crippen molar-refractivity contribution in [1.82, 2.24) is 0 Å². The fraction of sp³-hybridized carbons (Fsp3) is 0.871. The van der Waals surface area contributed by atoms with Crippen molar-refractivity contribution in [3.63, 3.8) is 0 Å². The number of ether oxygens (including phenoxy) is 2. The molecular weight excluding hydrogens is 452 g/mol. The van der Waals surface area contributed by atoms with Crippen LogP contribution >= 0.6 is 0 Å². The number of aliphatic hydroxyl groups excluding tert-OH is 1. The van der Waals surface area contributed by atoms with Gasteiger partial charge in [0.25, 0.3) is 0 Å². The first-order valence-corrected chi connectivity index (χ1v) is 14.7. The van der Waals surface area contributed by atoms with Crippen LogP contribution in [0.1, 0.15) is 113 Å². The largest absolute Gasteiger partial charge is 0.462 e. The number of rotatable bonds is 4. The molecule has 5 aliphatic rings. The Morgan fingerprint density at radius 1 is 1.03 bits per heavy atom. The van der Waals surface area contributed by atoms with Gasteiger partial charge >= 0.3 is 11.9 Å². The standard InChI is InChI=1S/C31H48O5/c1-8-10-25(33)36-24-14-16-29(5)20(28(24,4)9-2)13-15-30(6)21-12-11-19-18(3)35-27(34)26(19)31(21,7)23(32)17-22(29)30/h18,20-24,32H,8-17H2,1-7H3/t18-,20-,21-,22+,23-,24+,28+,29-,30-,31+/m0/s1. The second-order valence-corrected chi connectivity index (χ2v) is 13.9. The molecule has 5 heteroatoms. The summed E-state index contributed by atoms with van der Waals surface area (Å²) in [6, 6.07) is 0. The Balaban J connectivity index is 1.51. The lowest BCUT2D eigenvalue weighted by Crippen LogP contribution is -2.67. The van der Waals surface area contributed by atoms with Crippen molar-refractivity contribution < 1.29 is 24.2 Å². The van der Waals surface area contributed by atoms with Crippen LogP contribution < -0.4 is 0 Å². The minimum absolute atomic E-state index is 0.0279. The SMILES string of the molecule is CCCC(=O)O[C@@H]1CC[C@@]2(C)[C@@H](CC[C@]3(C)[C@@H]2C[C@H](O)[C@]2(C)C4=C(CC[C@@H]32)[C@H](C)OC4=O)[C@@]1(C)CC. The summed E-state index contributed by atoms with van der Waals surface area (Å²) in [5.74, 6) is 0.846. The third-order valence-electron chi connectivity index (χ3n) is 12.5. The normalized spacial score (nSPS) is 49.9. The van der Waals surface area contributed by atoms with Crippen LogP contribution in [0.15, 0.2) is 11.1 Å². The lowest BCUT2D eigenvalue weighted by molar-refractivity contribution is -0.239. The quantitative estimate of drug-likeness (QED) is 0.454. The Labute approximate surface area is 217 Å². The van der Waals surface area contributed by atoms with Crippen molar-refractivity contribution in [1.29, 1.82) is 0 Å². The predicted octanol–water partition coefficient (Wildman–Crippen LogP) is 6.37. The third-order valence-corrected chi connectivity index (χ3v) is 12.5. The molecule has 0 radical (unpaired) electrons. The molecule has 3 fully saturated rings.